The van der Waals surface area contributed by atoms with Gasteiger partial charge in [-0.25, -0.2) is 28.5 Å². The van der Waals surface area contributed by atoms with E-state index in [0.29, 0.717) is 25.2 Å². The standard InChI is InChI=1S/C27H33ClF2N4O4SSi/c1-26(18-10-17(6-7-19(18)29)11-20(30)21-13-32-23(28)14-31-21)22-12-27(22,15-36-2)39-25(34-26)38-24(35)33-16-37-8-9-40(3,4)5/h6-7,10-11,13-14,22H,8-9,12,15-16H2,1-5H3,(H,33,35)/b20-11-/t22-,26+,27+/m0/s1. The fourth-order valence-electron chi connectivity index (χ4n) is 4.65. The van der Waals surface area contributed by atoms with Crippen molar-refractivity contribution in [2.75, 3.05) is 27.1 Å². The molecule has 0 radical (unpaired) electrons. The van der Waals surface area contributed by atoms with Crippen molar-refractivity contribution in [3.05, 3.63) is 58.4 Å². The molecule has 216 valence electrons. The molecule has 1 aromatic heterocycles. The number of methoxy groups -OCH3 is 1. The van der Waals surface area contributed by atoms with Crippen LogP contribution in [0.25, 0.3) is 11.9 Å². The van der Waals surface area contributed by atoms with Gasteiger partial charge in [0, 0.05) is 33.3 Å². The van der Waals surface area contributed by atoms with E-state index in [2.05, 4.69) is 34.9 Å². The van der Waals surface area contributed by atoms with Crippen LogP contribution in [0.15, 0.2) is 35.6 Å². The van der Waals surface area contributed by atoms with Crippen LogP contribution in [0.1, 0.15) is 30.2 Å². The predicted octanol–water partition coefficient (Wildman–Crippen LogP) is 6.50. The zero-order valence-corrected chi connectivity index (χ0v) is 25.7. The third kappa shape index (κ3) is 7.27. The maximum absolute atomic E-state index is 15.3. The lowest BCUT2D eigenvalue weighted by Gasteiger charge is -2.34. The number of thioether (sulfide) groups is 1. The molecule has 1 aromatic carbocycles. The van der Waals surface area contributed by atoms with Crippen LogP contribution in [0.4, 0.5) is 13.6 Å². The molecule has 0 saturated heterocycles. The lowest BCUT2D eigenvalue weighted by atomic mass is 9.85. The van der Waals surface area contributed by atoms with Gasteiger partial charge in [-0.3, -0.25) is 5.32 Å². The Bertz CT molecular complexity index is 1310. The molecule has 1 amide bonds. The molecule has 1 fully saturated rings. The van der Waals surface area contributed by atoms with Gasteiger partial charge >= 0.3 is 6.09 Å². The van der Waals surface area contributed by atoms with E-state index >= 15 is 4.39 Å². The van der Waals surface area contributed by atoms with Gasteiger partial charge in [-0.1, -0.05) is 49.1 Å². The molecule has 40 heavy (non-hydrogen) atoms. The normalized spacial score (nSPS) is 24.2. The Labute approximate surface area is 243 Å². The van der Waals surface area contributed by atoms with E-state index in [0.717, 1.165) is 6.04 Å². The smallest absolute Gasteiger partial charge is 0.385 e. The summed E-state index contributed by atoms with van der Waals surface area (Å²) in [7, 11) is 0.347. The topological polar surface area (TPSA) is 94.9 Å². The molecule has 2 aromatic rings. The number of rotatable bonds is 10. The Hall–Kier alpha value is -2.38. The summed E-state index contributed by atoms with van der Waals surface area (Å²) in [5, 5.41) is 2.83. The van der Waals surface area contributed by atoms with E-state index in [-0.39, 0.29) is 34.3 Å². The molecule has 0 bridgehead atoms. The second-order valence-electron chi connectivity index (χ2n) is 11.3. The summed E-state index contributed by atoms with van der Waals surface area (Å²) in [5.74, 6) is -1.24. The fourth-order valence-corrected chi connectivity index (χ4v) is 7.00. The average Bonchev–Trinajstić information content (AvgIpc) is 3.60. The van der Waals surface area contributed by atoms with E-state index in [1.165, 1.54) is 42.4 Å². The van der Waals surface area contributed by atoms with Gasteiger partial charge in [0.05, 0.1) is 29.3 Å². The summed E-state index contributed by atoms with van der Waals surface area (Å²) in [6.45, 7) is 9.46. The van der Waals surface area contributed by atoms with Gasteiger partial charge in [0.2, 0.25) is 0 Å². The summed E-state index contributed by atoms with van der Waals surface area (Å²) in [4.78, 5) is 25.0. The van der Waals surface area contributed by atoms with Crippen molar-refractivity contribution in [2.45, 2.75) is 49.3 Å². The monoisotopic (exact) mass is 610 g/mol. The number of aromatic nitrogens is 2. The molecule has 3 atom stereocenters. The molecular weight excluding hydrogens is 578 g/mol. The van der Waals surface area contributed by atoms with E-state index in [4.69, 9.17) is 30.8 Å². The highest BCUT2D eigenvalue weighted by Crippen LogP contribution is 2.66. The number of fused-ring (bicyclic) bond motifs is 1. The zero-order chi connectivity index (χ0) is 29.1. The Morgan fingerprint density at radius 1 is 1.30 bits per heavy atom. The van der Waals surface area contributed by atoms with Crippen molar-refractivity contribution in [3.8, 4) is 0 Å². The highest BCUT2D eigenvalue weighted by atomic mass is 35.5. The van der Waals surface area contributed by atoms with Crippen LogP contribution < -0.4 is 5.32 Å². The van der Waals surface area contributed by atoms with Crippen LogP contribution >= 0.6 is 23.4 Å². The van der Waals surface area contributed by atoms with E-state index in [1.807, 2.05) is 0 Å². The summed E-state index contributed by atoms with van der Waals surface area (Å²) in [6, 6.07) is 5.27. The maximum Gasteiger partial charge on any atom is 0.416 e. The van der Waals surface area contributed by atoms with Crippen molar-refractivity contribution in [1.29, 1.82) is 0 Å². The molecule has 0 unspecified atom stereocenters. The fraction of sp³-hybridized carbons (Fsp3) is 0.481. The Kier molecular flexibility index (Phi) is 9.35. The van der Waals surface area contributed by atoms with E-state index < -0.39 is 36.1 Å². The number of ether oxygens (including phenoxy) is 3. The van der Waals surface area contributed by atoms with Crippen LogP contribution in [0.3, 0.4) is 0 Å². The first-order valence-corrected chi connectivity index (χ1v) is 17.7. The van der Waals surface area contributed by atoms with Gasteiger partial charge in [-0.2, -0.15) is 0 Å². The SMILES string of the molecule is COC[C@]12C[C@H]1[C@@](C)(c1cc(/C=C(\F)c3cnc(Cl)cn3)ccc1F)N=C(OC(=O)NCOCC[Si](C)(C)C)S2. The molecule has 0 spiro atoms. The number of hydrogen-bond acceptors (Lipinski definition) is 8. The van der Waals surface area contributed by atoms with E-state index in [1.54, 1.807) is 20.1 Å². The van der Waals surface area contributed by atoms with Gasteiger partial charge in [0.1, 0.15) is 23.4 Å². The molecule has 13 heteroatoms. The lowest BCUT2D eigenvalue weighted by molar-refractivity contribution is 0.120. The third-order valence-corrected chi connectivity index (χ3v) is 10.1. The largest absolute Gasteiger partial charge is 0.416 e. The van der Waals surface area contributed by atoms with Gasteiger partial charge in [-0.15, -0.1) is 0 Å². The minimum Gasteiger partial charge on any atom is -0.385 e. The number of nitrogens with zero attached hydrogens (tertiary/aromatic N) is 3. The second-order valence-corrected chi connectivity index (χ2v) is 18.6. The highest BCUT2D eigenvalue weighted by Gasteiger charge is 2.67. The minimum atomic E-state index is -1.24. The first-order chi connectivity index (χ1) is 18.8. The molecular formula is C27H33ClF2N4O4SSi. The molecule has 2 aliphatic rings. The molecule has 1 aliphatic carbocycles. The first kappa shape index (κ1) is 30.6. The molecule has 1 N–H and O–H groups in total. The van der Waals surface area contributed by atoms with Crippen LogP contribution in [0, 0.1) is 11.7 Å². The van der Waals surface area contributed by atoms with Crippen molar-refractivity contribution >= 4 is 54.7 Å². The number of aliphatic imine (C=N–C) groups is 1. The summed E-state index contributed by atoms with van der Waals surface area (Å²) in [5.41, 5.74) is -0.414. The number of carbonyl (C=O) groups excluding carboxylic acids is 1. The van der Waals surface area contributed by atoms with Gasteiger partial charge in [-0.05, 0) is 43.2 Å². The van der Waals surface area contributed by atoms with Crippen LogP contribution in [0.2, 0.25) is 30.8 Å². The second kappa shape index (κ2) is 12.2. The Morgan fingerprint density at radius 2 is 2.08 bits per heavy atom. The number of alkyl carbamates (subject to hydrolysis) is 1. The molecule has 8 nitrogen and oxygen atoms in total. The van der Waals surface area contributed by atoms with Crippen LogP contribution in [0.5, 0.6) is 0 Å². The minimum absolute atomic E-state index is 0.000962. The number of benzene rings is 1. The predicted molar refractivity (Wildman–Crippen MR) is 156 cm³/mol. The number of halogens is 3. The van der Waals surface area contributed by atoms with Crippen LogP contribution in [-0.4, -0.2) is 61.2 Å². The van der Waals surface area contributed by atoms with Crippen molar-refractivity contribution in [3.63, 3.8) is 0 Å². The average molecular weight is 611 g/mol. The summed E-state index contributed by atoms with van der Waals surface area (Å²) >= 11 is 7.05. The zero-order valence-electron chi connectivity index (χ0n) is 23.1. The Morgan fingerprint density at radius 3 is 2.75 bits per heavy atom. The summed E-state index contributed by atoms with van der Waals surface area (Å²) < 4.78 is 46.3. The third-order valence-electron chi connectivity index (χ3n) is 6.89. The van der Waals surface area contributed by atoms with Crippen LogP contribution in [-0.2, 0) is 19.7 Å². The van der Waals surface area contributed by atoms with Crippen molar-refractivity contribution in [2.24, 2.45) is 10.9 Å². The molecule has 1 aliphatic heterocycles. The molecule has 1 saturated carbocycles. The lowest BCUT2D eigenvalue weighted by Crippen LogP contribution is -2.38. The summed E-state index contributed by atoms with van der Waals surface area (Å²) in [6.07, 6.45) is 3.67. The highest BCUT2D eigenvalue weighted by molar-refractivity contribution is 8.15. The van der Waals surface area contributed by atoms with Gasteiger partial charge < -0.3 is 14.2 Å². The van der Waals surface area contributed by atoms with Crippen molar-refractivity contribution < 1.29 is 27.8 Å². The number of amides is 1. The van der Waals surface area contributed by atoms with E-state index in [9.17, 15) is 9.18 Å². The Balaban J connectivity index is 1.55. The number of nitrogens with one attached hydrogen (secondary N) is 1. The van der Waals surface area contributed by atoms with Gasteiger partial charge in [0.25, 0.3) is 5.23 Å². The first-order valence-electron chi connectivity index (χ1n) is 12.8. The number of carbonyl (C=O) groups is 1. The van der Waals surface area contributed by atoms with Gasteiger partial charge in [0.15, 0.2) is 5.83 Å². The quantitative estimate of drug-likeness (QED) is 0.186. The number of hydrogen-bond donors (Lipinski definition) is 1. The van der Waals surface area contributed by atoms with Crippen molar-refractivity contribution in [1.82, 2.24) is 15.3 Å². The molecule has 2 heterocycles. The molecule has 4 rings (SSSR count). The maximum atomic E-state index is 15.3.